The van der Waals surface area contributed by atoms with Crippen LogP contribution in [0.1, 0.15) is 33.1 Å². The summed E-state index contributed by atoms with van der Waals surface area (Å²) >= 11 is 0. The molecule has 0 aromatic rings. The van der Waals surface area contributed by atoms with Crippen LogP contribution in [-0.2, 0) is 4.79 Å². The predicted octanol–water partition coefficient (Wildman–Crippen LogP) is 0.929. The van der Waals surface area contributed by atoms with Crippen molar-refractivity contribution in [3.05, 3.63) is 0 Å². The summed E-state index contributed by atoms with van der Waals surface area (Å²) in [5, 5.41) is 2.70. The molecule has 0 aromatic carbocycles. The van der Waals surface area contributed by atoms with Gasteiger partial charge in [-0.15, -0.1) is 0 Å². The fourth-order valence-electron chi connectivity index (χ4n) is 3.28. The van der Waals surface area contributed by atoms with Gasteiger partial charge in [0.15, 0.2) is 0 Å². The lowest BCUT2D eigenvalue weighted by Gasteiger charge is -2.38. The van der Waals surface area contributed by atoms with E-state index in [1.807, 2.05) is 0 Å². The molecule has 0 radical (unpaired) electrons. The van der Waals surface area contributed by atoms with Gasteiger partial charge in [0.05, 0.1) is 6.54 Å². The molecular formula is C14H27N3O. The van der Waals surface area contributed by atoms with Gasteiger partial charge in [-0.1, -0.05) is 13.8 Å². The normalized spacial score (nSPS) is 29.4. The van der Waals surface area contributed by atoms with Crippen LogP contribution in [0.25, 0.3) is 0 Å². The third-order valence-corrected chi connectivity index (χ3v) is 4.51. The minimum absolute atomic E-state index is 0.130. The molecule has 2 aliphatic rings. The maximum Gasteiger partial charge on any atom is 0.233 e. The molecule has 1 N–H and O–H groups in total. The molecular weight excluding hydrogens is 226 g/mol. The van der Waals surface area contributed by atoms with Gasteiger partial charge in [0.25, 0.3) is 0 Å². The molecule has 1 saturated heterocycles. The zero-order chi connectivity index (χ0) is 13.2. The van der Waals surface area contributed by atoms with Gasteiger partial charge in [-0.3, -0.25) is 14.6 Å². The van der Waals surface area contributed by atoms with E-state index in [-0.39, 0.29) is 5.91 Å². The Hall–Kier alpha value is -0.610. The molecule has 18 heavy (non-hydrogen) atoms. The predicted molar refractivity (Wildman–Crippen MR) is 73.5 cm³/mol. The maximum atomic E-state index is 11.3. The highest BCUT2D eigenvalue weighted by atomic mass is 16.1. The molecule has 1 amide bonds. The molecule has 1 unspecified atom stereocenters. The van der Waals surface area contributed by atoms with E-state index < -0.39 is 0 Å². The van der Waals surface area contributed by atoms with Gasteiger partial charge in [-0.25, -0.2) is 0 Å². The largest absolute Gasteiger partial charge is 0.358 e. The van der Waals surface area contributed by atoms with Crippen LogP contribution in [0.15, 0.2) is 0 Å². The number of likely N-dealkylation sites (N-methyl/N-ethyl adjacent to an activating group) is 1. The maximum absolute atomic E-state index is 11.3. The number of amides is 1. The number of carbonyl (C=O) groups is 1. The fourth-order valence-corrected chi connectivity index (χ4v) is 3.28. The van der Waals surface area contributed by atoms with Crippen LogP contribution in [0.5, 0.6) is 0 Å². The number of hydrogen-bond acceptors (Lipinski definition) is 3. The first kappa shape index (κ1) is 13.8. The van der Waals surface area contributed by atoms with Crippen LogP contribution in [0.4, 0.5) is 0 Å². The van der Waals surface area contributed by atoms with E-state index in [0.29, 0.717) is 12.0 Å². The number of nitrogens with zero attached hydrogens (tertiary/aromatic N) is 2. The molecule has 0 spiro atoms. The topological polar surface area (TPSA) is 35.6 Å². The first-order valence-electron chi connectivity index (χ1n) is 7.17. The average molecular weight is 253 g/mol. The van der Waals surface area contributed by atoms with Crippen LogP contribution in [-0.4, -0.2) is 61.5 Å². The van der Waals surface area contributed by atoms with Gasteiger partial charge in [0, 0.05) is 39.3 Å². The van der Waals surface area contributed by atoms with Crippen LogP contribution in [0, 0.1) is 5.41 Å². The van der Waals surface area contributed by atoms with Gasteiger partial charge < -0.3 is 5.32 Å². The molecule has 104 valence electrons. The Morgan fingerprint density at radius 3 is 2.44 bits per heavy atom. The van der Waals surface area contributed by atoms with Crippen LogP contribution >= 0.6 is 0 Å². The van der Waals surface area contributed by atoms with Crippen LogP contribution in [0.3, 0.4) is 0 Å². The highest BCUT2D eigenvalue weighted by molar-refractivity contribution is 5.77. The Morgan fingerprint density at radius 1 is 1.28 bits per heavy atom. The van der Waals surface area contributed by atoms with Crippen LogP contribution in [0.2, 0.25) is 0 Å². The standard InChI is InChI=1S/C14H27N3O/c1-14(2)5-4-12(10-14)17-8-6-16(7-9-17)11-13(18)15-3/h12H,4-11H2,1-3H3,(H,15,18). The molecule has 2 fully saturated rings. The SMILES string of the molecule is CNC(=O)CN1CCN(C2CCC(C)(C)C2)CC1. The lowest BCUT2D eigenvalue weighted by molar-refractivity contribution is -0.122. The summed E-state index contributed by atoms with van der Waals surface area (Å²) in [6, 6.07) is 0.780. The third kappa shape index (κ3) is 3.45. The van der Waals surface area contributed by atoms with E-state index in [0.717, 1.165) is 32.2 Å². The number of hydrogen-bond donors (Lipinski definition) is 1. The Morgan fingerprint density at radius 2 is 1.94 bits per heavy atom. The molecule has 4 heteroatoms. The second-order valence-electron chi connectivity index (χ2n) is 6.55. The minimum atomic E-state index is 0.130. The van der Waals surface area contributed by atoms with Gasteiger partial charge in [-0.2, -0.15) is 0 Å². The molecule has 4 nitrogen and oxygen atoms in total. The average Bonchev–Trinajstić information content (AvgIpc) is 2.70. The zero-order valence-electron chi connectivity index (χ0n) is 12.0. The van der Waals surface area contributed by atoms with E-state index in [4.69, 9.17) is 0 Å². The minimum Gasteiger partial charge on any atom is -0.358 e. The van der Waals surface area contributed by atoms with Crippen molar-refractivity contribution in [2.75, 3.05) is 39.8 Å². The van der Waals surface area contributed by atoms with E-state index in [1.54, 1.807) is 7.05 Å². The van der Waals surface area contributed by atoms with Crippen molar-refractivity contribution >= 4 is 5.91 Å². The van der Waals surface area contributed by atoms with Crippen molar-refractivity contribution in [2.24, 2.45) is 5.41 Å². The van der Waals surface area contributed by atoms with Crippen molar-refractivity contribution in [2.45, 2.75) is 39.2 Å². The number of piperazine rings is 1. The summed E-state index contributed by atoms with van der Waals surface area (Å²) in [5.74, 6) is 0.130. The van der Waals surface area contributed by atoms with Crippen molar-refractivity contribution in [1.29, 1.82) is 0 Å². The van der Waals surface area contributed by atoms with Gasteiger partial charge >= 0.3 is 0 Å². The number of carbonyl (C=O) groups excluding carboxylic acids is 1. The lowest BCUT2D eigenvalue weighted by atomic mass is 9.91. The second kappa shape index (κ2) is 5.57. The molecule has 0 aromatic heterocycles. The summed E-state index contributed by atoms with van der Waals surface area (Å²) in [6.45, 7) is 9.63. The zero-order valence-corrected chi connectivity index (χ0v) is 12.0. The smallest absolute Gasteiger partial charge is 0.233 e. The molecule has 1 aliphatic heterocycles. The number of rotatable bonds is 3. The number of nitrogens with one attached hydrogen (secondary N) is 1. The quantitative estimate of drug-likeness (QED) is 0.813. The van der Waals surface area contributed by atoms with E-state index in [9.17, 15) is 4.79 Å². The first-order chi connectivity index (χ1) is 8.50. The first-order valence-corrected chi connectivity index (χ1v) is 7.17. The summed E-state index contributed by atoms with van der Waals surface area (Å²) in [4.78, 5) is 16.2. The fraction of sp³-hybridized carbons (Fsp3) is 0.929. The Kier molecular flexibility index (Phi) is 4.28. The van der Waals surface area contributed by atoms with Gasteiger partial charge in [0.2, 0.25) is 5.91 Å². The van der Waals surface area contributed by atoms with E-state index >= 15 is 0 Å². The summed E-state index contributed by atoms with van der Waals surface area (Å²) in [7, 11) is 1.71. The monoisotopic (exact) mass is 253 g/mol. The van der Waals surface area contributed by atoms with Crippen molar-refractivity contribution < 1.29 is 4.79 Å². The molecule has 1 aliphatic carbocycles. The molecule has 1 saturated carbocycles. The molecule has 0 bridgehead atoms. The molecule has 2 rings (SSSR count). The van der Waals surface area contributed by atoms with Crippen LogP contribution < -0.4 is 5.32 Å². The van der Waals surface area contributed by atoms with Crippen molar-refractivity contribution in [3.8, 4) is 0 Å². The van der Waals surface area contributed by atoms with Crippen molar-refractivity contribution in [3.63, 3.8) is 0 Å². The Balaban J connectivity index is 1.75. The Labute approximate surface area is 111 Å². The summed E-state index contributed by atoms with van der Waals surface area (Å²) in [6.07, 6.45) is 4.04. The molecule has 1 atom stereocenters. The summed E-state index contributed by atoms with van der Waals surface area (Å²) in [5.41, 5.74) is 0.532. The van der Waals surface area contributed by atoms with E-state index in [2.05, 4.69) is 29.0 Å². The second-order valence-corrected chi connectivity index (χ2v) is 6.55. The highest BCUT2D eigenvalue weighted by Gasteiger charge is 2.35. The lowest BCUT2D eigenvalue weighted by Crippen LogP contribution is -2.51. The Bertz CT molecular complexity index is 295. The highest BCUT2D eigenvalue weighted by Crippen LogP contribution is 2.39. The van der Waals surface area contributed by atoms with Crippen molar-refractivity contribution in [1.82, 2.24) is 15.1 Å². The van der Waals surface area contributed by atoms with E-state index in [1.165, 1.54) is 19.3 Å². The summed E-state index contributed by atoms with van der Waals surface area (Å²) < 4.78 is 0. The van der Waals surface area contributed by atoms with Gasteiger partial charge in [-0.05, 0) is 24.7 Å². The molecule has 1 heterocycles. The third-order valence-electron chi connectivity index (χ3n) is 4.51. The van der Waals surface area contributed by atoms with Gasteiger partial charge in [0.1, 0.15) is 0 Å².